The Kier molecular flexibility index (Phi) is 6.52. The van der Waals surface area contributed by atoms with Crippen molar-refractivity contribution < 1.29 is 4.42 Å². The normalized spacial score (nSPS) is 15.0. The molecule has 0 radical (unpaired) electrons. The van der Waals surface area contributed by atoms with Crippen LogP contribution in [0.2, 0.25) is 0 Å². The average Bonchev–Trinajstić information content (AvgIpc) is 4.05. The zero-order valence-corrected chi connectivity index (χ0v) is 33.1. The summed E-state index contributed by atoms with van der Waals surface area (Å²) in [5.41, 5.74) is 20.5. The average molecular weight is 774 g/mol. The van der Waals surface area contributed by atoms with Gasteiger partial charge in [-0.1, -0.05) is 164 Å². The molecular weight excluding hydrogens is 739 g/mol. The summed E-state index contributed by atoms with van der Waals surface area (Å²) in [6, 6.07) is 78.5. The number of rotatable bonds is 3. The van der Waals surface area contributed by atoms with Gasteiger partial charge >= 0.3 is 0 Å². The number of para-hydroxylation sites is 2. The van der Waals surface area contributed by atoms with Gasteiger partial charge < -0.3 is 8.98 Å². The van der Waals surface area contributed by atoms with Crippen molar-refractivity contribution in [1.82, 2.24) is 4.57 Å². The Labute approximate surface area is 352 Å². The number of aromatic nitrogens is 1. The number of hydrogen-bond donors (Lipinski definition) is 0. The number of fused-ring (bicyclic) bond motifs is 18. The van der Waals surface area contributed by atoms with E-state index in [-0.39, 0.29) is 0 Å². The summed E-state index contributed by atoms with van der Waals surface area (Å²) in [7, 11) is 0. The summed E-state index contributed by atoms with van der Waals surface area (Å²) in [5.74, 6) is 0. The fourth-order valence-electron chi connectivity index (χ4n) is 11.3. The minimum absolute atomic E-state index is 0.405. The van der Waals surface area contributed by atoms with Crippen molar-refractivity contribution in [2.45, 2.75) is 5.41 Å². The molecule has 10 aromatic carbocycles. The zero-order chi connectivity index (χ0) is 39.8. The van der Waals surface area contributed by atoms with Crippen molar-refractivity contribution in [1.29, 1.82) is 0 Å². The lowest BCUT2D eigenvalue weighted by Crippen LogP contribution is -2.25. The molecule has 282 valence electrons. The third-order valence-corrected chi connectivity index (χ3v) is 13.8. The molecule has 14 rings (SSSR count). The van der Waals surface area contributed by atoms with Gasteiger partial charge in [0.25, 0.3) is 0 Å². The van der Waals surface area contributed by atoms with Crippen molar-refractivity contribution >= 4 is 54.5 Å². The molecule has 2 aromatic heterocycles. The quantitative estimate of drug-likeness (QED) is 0.175. The molecule has 61 heavy (non-hydrogen) atoms. The first-order chi connectivity index (χ1) is 30.3. The lowest BCUT2D eigenvalue weighted by atomic mass is 9.70. The fraction of sp³-hybridized carbons (Fsp3) is 0.0169. The first-order valence-corrected chi connectivity index (χ1v) is 21.2. The number of furan rings is 1. The standard InChI is InChI=1S/C59H35NO/c1-2-13-41-36(12-1)27-32-52-58(41)47-17-4-8-20-50(47)59(52)49-19-7-3-16-46(49)57-42(18-11-21-51(57)59)37-24-29-40(30-25-37)60-53-22-9-5-14-43(53)48-34-38(28-33-54(48)60)39-26-31-45-44-15-6-10-23-55(44)61-56(45)35-39/h1-35H. The minimum atomic E-state index is -0.405. The van der Waals surface area contributed by atoms with E-state index < -0.39 is 5.41 Å². The SMILES string of the molecule is c1ccc2c(c1)-c1c(-c3ccc(-n4c5ccccc5c5cc(-c6ccc7c(c6)oc6ccccc67)ccc54)cc3)cccc1C21c2ccccc2-c2c1ccc1ccccc21. The van der Waals surface area contributed by atoms with Gasteiger partial charge in [-0.3, -0.25) is 0 Å². The van der Waals surface area contributed by atoms with Gasteiger partial charge in [0, 0.05) is 27.2 Å². The highest BCUT2D eigenvalue weighted by molar-refractivity contribution is 6.12. The van der Waals surface area contributed by atoms with Gasteiger partial charge in [-0.2, -0.15) is 0 Å². The highest BCUT2D eigenvalue weighted by atomic mass is 16.3. The van der Waals surface area contributed by atoms with Gasteiger partial charge in [-0.05, 0) is 126 Å². The Morgan fingerprint density at radius 3 is 1.77 bits per heavy atom. The minimum Gasteiger partial charge on any atom is -0.456 e. The lowest BCUT2D eigenvalue weighted by Gasteiger charge is -2.30. The Morgan fingerprint density at radius 1 is 0.328 bits per heavy atom. The summed E-state index contributed by atoms with van der Waals surface area (Å²) in [6.07, 6.45) is 0. The first-order valence-electron chi connectivity index (χ1n) is 21.2. The third-order valence-electron chi connectivity index (χ3n) is 13.8. The Bertz CT molecular complexity index is 3820. The molecule has 1 unspecified atom stereocenters. The summed E-state index contributed by atoms with van der Waals surface area (Å²) < 4.78 is 8.69. The predicted molar refractivity (Wildman–Crippen MR) is 253 cm³/mol. The second-order valence-electron chi connectivity index (χ2n) is 16.7. The molecule has 0 saturated carbocycles. The smallest absolute Gasteiger partial charge is 0.136 e. The van der Waals surface area contributed by atoms with Gasteiger partial charge in [-0.15, -0.1) is 0 Å². The fourth-order valence-corrected chi connectivity index (χ4v) is 11.3. The van der Waals surface area contributed by atoms with E-state index in [1.165, 1.54) is 93.8 Å². The van der Waals surface area contributed by atoms with Crippen molar-refractivity contribution in [3.05, 3.63) is 235 Å². The molecule has 12 aromatic rings. The van der Waals surface area contributed by atoms with Gasteiger partial charge in [0.05, 0.1) is 16.4 Å². The highest BCUT2D eigenvalue weighted by Crippen LogP contribution is 2.64. The second-order valence-corrected chi connectivity index (χ2v) is 16.7. The molecule has 2 aliphatic rings. The van der Waals surface area contributed by atoms with Crippen molar-refractivity contribution in [3.8, 4) is 50.2 Å². The maximum atomic E-state index is 6.28. The molecule has 2 aliphatic carbocycles. The van der Waals surface area contributed by atoms with Crippen LogP contribution in [0.15, 0.2) is 217 Å². The predicted octanol–water partition coefficient (Wildman–Crippen LogP) is 15.5. The molecule has 0 saturated heterocycles. The van der Waals surface area contributed by atoms with Crippen LogP contribution < -0.4 is 0 Å². The van der Waals surface area contributed by atoms with Crippen molar-refractivity contribution in [2.24, 2.45) is 0 Å². The first kappa shape index (κ1) is 33.0. The van der Waals surface area contributed by atoms with Crippen LogP contribution in [0.4, 0.5) is 0 Å². The van der Waals surface area contributed by atoms with Crippen LogP contribution in [0.25, 0.3) is 105 Å². The highest BCUT2D eigenvalue weighted by Gasteiger charge is 2.52. The zero-order valence-electron chi connectivity index (χ0n) is 33.1. The maximum Gasteiger partial charge on any atom is 0.136 e. The van der Waals surface area contributed by atoms with Gasteiger partial charge in [0.2, 0.25) is 0 Å². The number of nitrogens with zero attached hydrogens (tertiary/aromatic N) is 1. The monoisotopic (exact) mass is 773 g/mol. The molecule has 2 heterocycles. The Hall–Kier alpha value is -7.94. The number of benzene rings is 10. The van der Waals surface area contributed by atoms with E-state index in [1.54, 1.807) is 0 Å². The van der Waals surface area contributed by atoms with Gasteiger partial charge in [0.15, 0.2) is 0 Å². The summed E-state index contributed by atoms with van der Waals surface area (Å²) >= 11 is 0. The van der Waals surface area contributed by atoms with Crippen LogP contribution in [0.1, 0.15) is 22.3 Å². The Morgan fingerprint density at radius 2 is 0.918 bits per heavy atom. The third kappa shape index (κ3) is 4.31. The number of hydrogen-bond acceptors (Lipinski definition) is 1. The molecule has 1 atom stereocenters. The van der Waals surface area contributed by atoms with E-state index in [0.29, 0.717) is 0 Å². The van der Waals surface area contributed by atoms with E-state index in [2.05, 4.69) is 205 Å². The van der Waals surface area contributed by atoms with Crippen LogP contribution in [0, 0.1) is 0 Å². The molecule has 0 aliphatic heterocycles. The van der Waals surface area contributed by atoms with Crippen LogP contribution in [-0.4, -0.2) is 4.57 Å². The van der Waals surface area contributed by atoms with Crippen LogP contribution in [0.5, 0.6) is 0 Å². The summed E-state index contributed by atoms with van der Waals surface area (Å²) in [5, 5.41) is 7.35. The van der Waals surface area contributed by atoms with Crippen molar-refractivity contribution in [3.63, 3.8) is 0 Å². The van der Waals surface area contributed by atoms with Gasteiger partial charge in [-0.25, -0.2) is 0 Å². The Balaban J connectivity index is 0.914. The topological polar surface area (TPSA) is 18.1 Å². The van der Waals surface area contributed by atoms with E-state index in [0.717, 1.165) is 33.2 Å². The van der Waals surface area contributed by atoms with Crippen LogP contribution in [-0.2, 0) is 5.41 Å². The van der Waals surface area contributed by atoms with E-state index in [9.17, 15) is 0 Å². The molecule has 2 nitrogen and oxygen atoms in total. The van der Waals surface area contributed by atoms with Crippen LogP contribution >= 0.6 is 0 Å². The molecule has 0 amide bonds. The molecule has 0 fully saturated rings. The second kappa shape index (κ2) is 12.1. The van der Waals surface area contributed by atoms with E-state index in [4.69, 9.17) is 4.42 Å². The van der Waals surface area contributed by atoms with Gasteiger partial charge in [0.1, 0.15) is 11.2 Å². The molecule has 0 N–H and O–H groups in total. The van der Waals surface area contributed by atoms with Crippen LogP contribution in [0.3, 0.4) is 0 Å². The maximum absolute atomic E-state index is 6.28. The molecule has 0 bridgehead atoms. The molecule has 1 spiro atoms. The summed E-state index contributed by atoms with van der Waals surface area (Å²) in [6.45, 7) is 0. The molecular formula is C59H35NO. The largest absolute Gasteiger partial charge is 0.456 e. The lowest BCUT2D eigenvalue weighted by molar-refractivity contribution is 0.669. The van der Waals surface area contributed by atoms with E-state index >= 15 is 0 Å². The van der Waals surface area contributed by atoms with Crippen molar-refractivity contribution in [2.75, 3.05) is 0 Å². The molecule has 2 heteroatoms. The van der Waals surface area contributed by atoms with E-state index in [1.807, 2.05) is 12.1 Å². The summed E-state index contributed by atoms with van der Waals surface area (Å²) in [4.78, 5) is 0.